The molecule has 2 aromatic heterocycles. The van der Waals surface area contributed by atoms with Crippen LogP contribution in [-0.4, -0.2) is 75.6 Å². The van der Waals surface area contributed by atoms with Crippen LogP contribution < -0.4 is 5.73 Å². The highest BCUT2D eigenvalue weighted by Crippen LogP contribution is 2.46. The van der Waals surface area contributed by atoms with Gasteiger partial charge in [0.2, 0.25) is 5.60 Å². The number of halogens is 1. The Labute approximate surface area is 354 Å². The number of anilines is 1. The number of hydrogen-bond donors (Lipinski definition) is 4. The van der Waals surface area contributed by atoms with Crippen molar-refractivity contribution in [1.82, 2.24) is 9.61 Å². The van der Waals surface area contributed by atoms with E-state index in [1.807, 2.05) is 12.1 Å². The molecule has 0 amide bonds. The maximum atomic E-state index is 14.1. The zero-order chi connectivity index (χ0) is 43.2. The van der Waals surface area contributed by atoms with Gasteiger partial charge in [-0.1, -0.05) is 116 Å². The second-order valence-electron chi connectivity index (χ2n) is 15.8. The first-order valence-corrected chi connectivity index (χ1v) is 23.2. The Morgan fingerprint density at radius 1 is 0.900 bits per heavy atom. The maximum Gasteiger partial charge on any atom is 0.472 e. The summed E-state index contributed by atoms with van der Waals surface area (Å²) in [4.78, 5) is 10.6. The Hall–Kier alpha value is -3.47. The SMILES string of the molecule is CCCCCCCCCCCCCCCCCCCCOC[C@H](COP(=O)(O)OC[C@H]1O[C@@](C#N)(c2ccc3c(N)ccnn23)[C@H](O)[C@@H]1O)OCc1cc(F)cc(C#N)c1. The number of nitrogens with zero attached hydrogens (tertiary/aromatic N) is 4. The molecule has 1 aliphatic heterocycles. The third kappa shape index (κ3) is 15.5. The van der Waals surface area contributed by atoms with Gasteiger partial charge in [0.15, 0.2) is 0 Å². The third-order valence-electron chi connectivity index (χ3n) is 10.9. The Morgan fingerprint density at radius 3 is 2.12 bits per heavy atom. The van der Waals surface area contributed by atoms with E-state index in [-0.39, 0.29) is 24.5 Å². The van der Waals surface area contributed by atoms with Crippen molar-refractivity contribution in [3.05, 3.63) is 65.2 Å². The fourth-order valence-corrected chi connectivity index (χ4v) is 8.26. The summed E-state index contributed by atoms with van der Waals surface area (Å²) in [6, 6.07) is 12.2. The molecule has 1 aromatic carbocycles. The number of ether oxygens (including phenoxy) is 3. The van der Waals surface area contributed by atoms with Gasteiger partial charge in [0.25, 0.3) is 0 Å². The van der Waals surface area contributed by atoms with E-state index in [1.165, 1.54) is 125 Å². The summed E-state index contributed by atoms with van der Waals surface area (Å²) in [5.74, 6) is -0.605. The van der Waals surface area contributed by atoms with Crippen LogP contribution in [0, 0.1) is 28.5 Å². The predicted octanol–water partition coefficient (Wildman–Crippen LogP) is 8.54. The van der Waals surface area contributed by atoms with Crippen LogP contribution in [0.4, 0.5) is 10.1 Å². The normalized spacial score (nSPS) is 20.6. The van der Waals surface area contributed by atoms with Crippen LogP contribution in [0.2, 0.25) is 0 Å². The lowest BCUT2D eigenvalue weighted by Gasteiger charge is -2.24. The monoisotopic (exact) mass is 857 g/mol. The van der Waals surface area contributed by atoms with Crippen LogP contribution in [0.25, 0.3) is 5.52 Å². The van der Waals surface area contributed by atoms with Crippen molar-refractivity contribution < 1.29 is 47.3 Å². The summed E-state index contributed by atoms with van der Waals surface area (Å²) in [7, 11) is -4.83. The number of hydrogen-bond acceptors (Lipinski definition) is 12. The van der Waals surface area contributed by atoms with Crippen molar-refractivity contribution in [1.29, 1.82) is 10.5 Å². The minimum atomic E-state index is -4.83. The van der Waals surface area contributed by atoms with Crippen LogP contribution in [-0.2, 0) is 40.0 Å². The number of fused-ring (bicyclic) bond motifs is 1. The molecular weight excluding hydrogens is 792 g/mol. The number of nitrogens with two attached hydrogens (primary N) is 1. The molecule has 4 rings (SSSR count). The number of nitrogen functional groups attached to an aromatic ring is 1. The average Bonchev–Trinajstić information content (AvgIpc) is 3.79. The molecular formula is C44H65FN5O9P. The molecule has 0 saturated carbocycles. The van der Waals surface area contributed by atoms with E-state index in [4.69, 9.17) is 29.0 Å². The van der Waals surface area contributed by atoms with Crippen molar-refractivity contribution in [3.63, 3.8) is 0 Å². The van der Waals surface area contributed by atoms with E-state index in [2.05, 4.69) is 12.0 Å². The van der Waals surface area contributed by atoms with E-state index < -0.39 is 56.9 Å². The van der Waals surface area contributed by atoms with E-state index >= 15 is 0 Å². The first-order chi connectivity index (χ1) is 29.0. The summed E-state index contributed by atoms with van der Waals surface area (Å²) in [5, 5.41) is 45.4. The van der Waals surface area contributed by atoms with E-state index in [0.717, 1.165) is 25.3 Å². The molecule has 0 spiro atoms. The van der Waals surface area contributed by atoms with Crippen molar-refractivity contribution in [2.75, 3.05) is 32.2 Å². The van der Waals surface area contributed by atoms with Gasteiger partial charge in [-0.15, -0.1) is 0 Å². The topological polar surface area (TPSA) is 215 Å². The lowest BCUT2D eigenvalue weighted by atomic mass is 9.92. The Balaban J connectivity index is 1.17. The Morgan fingerprint density at radius 2 is 1.52 bits per heavy atom. The van der Waals surface area contributed by atoms with Gasteiger partial charge in [-0.2, -0.15) is 15.6 Å². The standard InChI is InChI=1S/C44H65FN5O9P/c1-2-3-4-5-6-7-8-9-10-11-12-13-14-15-16-17-18-19-24-55-30-37(56-29-35-25-34(28-46)26-36(45)27-35)31-57-60(53,54)58-32-40-42(51)43(52)44(33-47,59-40)41-21-20-39-38(48)22-23-49-50(39)41/h20-23,25-27,37,40,42-43,51-52H,2-19,24,29-32,48H2,1H3,(H,53,54)/t37-,40-,42-,43-,44+/m1/s1. The van der Waals surface area contributed by atoms with Gasteiger partial charge in [0.05, 0.1) is 55.0 Å². The molecule has 1 saturated heterocycles. The summed E-state index contributed by atoms with van der Waals surface area (Å²) in [5.41, 5.74) is 5.30. The molecule has 1 fully saturated rings. The lowest BCUT2D eigenvalue weighted by molar-refractivity contribution is -0.0690. The summed E-state index contributed by atoms with van der Waals surface area (Å²) >= 11 is 0. The van der Waals surface area contributed by atoms with Crippen LogP contribution in [0.5, 0.6) is 0 Å². The molecule has 16 heteroatoms. The number of aliphatic hydroxyl groups is 2. The van der Waals surface area contributed by atoms with Crippen LogP contribution in [0.1, 0.15) is 139 Å². The van der Waals surface area contributed by atoms with E-state index in [0.29, 0.717) is 23.4 Å². The van der Waals surface area contributed by atoms with Gasteiger partial charge in [0.1, 0.15) is 36.3 Å². The summed E-state index contributed by atoms with van der Waals surface area (Å²) in [6.45, 7) is 1.36. The molecule has 332 valence electrons. The molecule has 5 N–H and O–H groups in total. The van der Waals surface area contributed by atoms with Gasteiger partial charge in [-0.3, -0.25) is 9.05 Å². The highest BCUT2D eigenvalue weighted by atomic mass is 31.2. The van der Waals surface area contributed by atoms with Crippen molar-refractivity contribution in [2.45, 2.75) is 159 Å². The molecule has 14 nitrogen and oxygen atoms in total. The number of nitriles is 2. The molecule has 0 bridgehead atoms. The van der Waals surface area contributed by atoms with Crippen LogP contribution in [0.15, 0.2) is 42.6 Å². The van der Waals surface area contributed by atoms with Gasteiger partial charge >= 0.3 is 7.82 Å². The number of aliphatic hydroxyl groups excluding tert-OH is 2. The fraction of sp³-hybridized carbons (Fsp3) is 0.659. The van der Waals surface area contributed by atoms with Crippen molar-refractivity contribution >= 4 is 19.0 Å². The number of rotatable bonds is 31. The number of unbranched alkanes of at least 4 members (excludes halogenated alkanes) is 17. The molecule has 60 heavy (non-hydrogen) atoms. The smallest absolute Gasteiger partial charge is 0.397 e. The van der Waals surface area contributed by atoms with Gasteiger partial charge < -0.3 is 35.1 Å². The number of benzene rings is 1. The molecule has 1 aliphatic rings. The molecule has 3 aromatic rings. The van der Waals surface area contributed by atoms with Crippen LogP contribution in [0.3, 0.4) is 0 Å². The largest absolute Gasteiger partial charge is 0.472 e. The zero-order valence-electron chi connectivity index (χ0n) is 35.1. The van der Waals surface area contributed by atoms with Crippen LogP contribution >= 0.6 is 7.82 Å². The number of phosphoric acid groups is 1. The minimum absolute atomic E-state index is 0.00939. The highest BCUT2D eigenvalue weighted by molar-refractivity contribution is 7.47. The first kappa shape index (κ1) is 49.2. The average molecular weight is 858 g/mol. The predicted molar refractivity (Wildman–Crippen MR) is 225 cm³/mol. The highest BCUT2D eigenvalue weighted by Gasteiger charge is 2.58. The second-order valence-corrected chi connectivity index (χ2v) is 17.2. The number of phosphoric ester groups is 1. The van der Waals surface area contributed by atoms with Crippen molar-refractivity contribution in [3.8, 4) is 12.1 Å². The second kappa shape index (κ2) is 26.1. The molecule has 1 unspecified atom stereocenters. The minimum Gasteiger partial charge on any atom is -0.397 e. The Bertz CT molecular complexity index is 1850. The third-order valence-corrected chi connectivity index (χ3v) is 11.9. The van der Waals surface area contributed by atoms with Crippen molar-refractivity contribution in [2.24, 2.45) is 0 Å². The van der Waals surface area contributed by atoms with Gasteiger partial charge in [-0.25, -0.2) is 13.5 Å². The molecule has 0 aliphatic carbocycles. The van der Waals surface area contributed by atoms with Gasteiger partial charge in [-0.05, 0) is 48.4 Å². The quantitative estimate of drug-likeness (QED) is 0.0353. The molecule has 0 radical (unpaired) electrons. The Kier molecular flexibility index (Phi) is 21.4. The van der Waals surface area contributed by atoms with E-state index in [1.54, 1.807) is 12.1 Å². The van der Waals surface area contributed by atoms with E-state index in [9.17, 15) is 34.6 Å². The van der Waals surface area contributed by atoms with Gasteiger partial charge in [0, 0.05) is 12.8 Å². The molecule has 3 heterocycles. The summed E-state index contributed by atoms with van der Waals surface area (Å²) in [6.07, 6.45) is 18.5. The lowest BCUT2D eigenvalue weighted by Crippen LogP contribution is -2.41. The maximum absolute atomic E-state index is 14.1. The summed E-state index contributed by atoms with van der Waals surface area (Å²) < 4.78 is 56.4. The zero-order valence-corrected chi connectivity index (χ0v) is 36.0. The first-order valence-electron chi connectivity index (χ1n) is 21.7. The molecule has 6 atom stereocenters. The number of aromatic nitrogens is 2. The fourth-order valence-electron chi connectivity index (χ4n) is 7.49.